The van der Waals surface area contributed by atoms with Crippen LogP contribution in [0.4, 0.5) is 0 Å². The highest BCUT2D eigenvalue weighted by atomic mass is 14.6. The van der Waals surface area contributed by atoms with E-state index in [9.17, 15) is 0 Å². The lowest BCUT2D eigenvalue weighted by atomic mass is 9.84. The van der Waals surface area contributed by atoms with Crippen LogP contribution < -0.4 is 0 Å². The molecule has 1 aromatic carbocycles. The van der Waals surface area contributed by atoms with Crippen molar-refractivity contribution in [1.29, 1.82) is 0 Å². The Morgan fingerprint density at radius 1 is 1.00 bits per heavy atom. The predicted octanol–water partition coefficient (Wildman–Crippen LogP) is 6.66. The Balaban J connectivity index is 1.94. The normalized spacial score (nSPS) is 32.4. The molecule has 23 heavy (non-hydrogen) atoms. The highest BCUT2D eigenvalue weighted by molar-refractivity contribution is 5.80. The van der Waals surface area contributed by atoms with Crippen LogP contribution in [0.25, 0.3) is 5.57 Å². The Kier molecular flexibility index (Phi) is 3.79. The molecule has 0 saturated heterocycles. The molecular formula is C23H28. The van der Waals surface area contributed by atoms with E-state index < -0.39 is 0 Å². The van der Waals surface area contributed by atoms with Gasteiger partial charge in [0.1, 0.15) is 0 Å². The lowest BCUT2D eigenvalue weighted by molar-refractivity contribution is 0.661. The summed E-state index contributed by atoms with van der Waals surface area (Å²) in [6.45, 7) is 6.82. The maximum absolute atomic E-state index is 2.42. The Morgan fingerprint density at radius 3 is 2.52 bits per heavy atom. The van der Waals surface area contributed by atoms with Crippen LogP contribution >= 0.6 is 0 Å². The molecule has 0 N–H and O–H groups in total. The summed E-state index contributed by atoms with van der Waals surface area (Å²) in [5.41, 5.74) is 9.72. The molecule has 0 aliphatic heterocycles. The number of fused-ring (bicyclic) bond motifs is 4. The van der Waals surface area contributed by atoms with Crippen molar-refractivity contribution >= 4 is 5.57 Å². The first-order valence-corrected chi connectivity index (χ1v) is 9.46. The number of hydrogen-bond acceptors (Lipinski definition) is 0. The Hall–Kier alpha value is -1.56. The zero-order valence-electron chi connectivity index (χ0n) is 14.7. The average Bonchev–Trinajstić information content (AvgIpc) is 3.04. The van der Waals surface area contributed by atoms with Crippen LogP contribution in [0.15, 0.2) is 53.1 Å². The van der Waals surface area contributed by atoms with Crippen LogP contribution in [-0.2, 0) is 0 Å². The first-order valence-electron chi connectivity index (χ1n) is 9.46. The van der Waals surface area contributed by atoms with E-state index in [-0.39, 0.29) is 0 Å². The summed E-state index contributed by atoms with van der Waals surface area (Å²) in [6, 6.07) is 9.29. The summed E-state index contributed by atoms with van der Waals surface area (Å²) in [7, 11) is 0. The molecule has 4 rings (SSSR count). The van der Waals surface area contributed by atoms with Crippen molar-refractivity contribution in [3.05, 3.63) is 64.3 Å². The molecule has 0 heteroatoms. The van der Waals surface area contributed by atoms with E-state index in [1.807, 2.05) is 0 Å². The Bertz CT molecular complexity index is 713. The lowest BCUT2D eigenvalue weighted by Gasteiger charge is -2.21. The van der Waals surface area contributed by atoms with Gasteiger partial charge in [-0.1, -0.05) is 49.8 Å². The fourth-order valence-electron chi connectivity index (χ4n) is 5.36. The molecule has 1 saturated carbocycles. The standard InChI is InChI=1S/C23H28/c1-4-10-21-22-16(6-3)15(5-2)17-13-9-14-18(17)19-11-7-8-12-20(19)23(21)22/h5-8,11-12,21-23H,4,9-10,13-14H2,1-3H3/b15-5+,16-6+. The van der Waals surface area contributed by atoms with Gasteiger partial charge in [-0.25, -0.2) is 0 Å². The van der Waals surface area contributed by atoms with Gasteiger partial charge in [-0.05, 0) is 90.7 Å². The van der Waals surface area contributed by atoms with E-state index in [4.69, 9.17) is 0 Å². The second-order valence-corrected chi connectivity index (χ2v) is 7.35. The first-order chi connectivity index (χ1) is 11.3. The van der Waals surface area contributed by atoms with Crippen molar-refractivity contribution in [3.63, 3.8) is 0 Å². The van der Waals surface area contributed by atoms with Crippen LogP contribution in [0.1, 0.15) is 69.9 Å². The predicted molar refractivity (Wildman–Crippen MR) is 99.4 cm³/mol. The van der Waals surface area contributed by atoms with Gasteiger partial charge >= 0.3 is 0 Å². The molecule has 0 spiro atoms. The zero-order chi connectivity index (χ0) is 16.0. The van der Waals surface area contributed by atoms with Gasteiger partial charge in [0.2, 0.25) is 0 Å². The van der Waals surface area contributed by atoms with Gasteiger partial charge in [0.25, 0.3) is 0 Å². The molecular weight excluding hydrogens is 276 g/mol. The third-order valence-corrected chi connectivity index (χ3v) is 6.25. The maximum Gasteiger partial charge on any atom is -0.00497 e. The molecule has 1 aromatic rings. The Morgan fingerprint density at radius 2 is 1.78 bits per heavy atom. The summed E-state index contributed by atoms with van der Waals surface area (Å²) in [5.74, 6) is 2.35. The van der Waals surface area contributed by atoms with Gasteiger partial charge in [0.05, 0.1) is 0 Å². The second kappa shape index (κ2) is 5.82. The maximum atomic E-state index is 2.42. The third kappa shape index (κ3) is 2.18. The minimum absolute atomic E-state index is 0.752. The SMILES string of the molecule is C/C=C1\C(=C/C)C2=C(CCC2)c2ccccc2C2C(CCC)C12. The van der Waals surface area contributed by atoms with Gasteiger partial charge in [-0.2, -0.15) is 0 Å². The van der Waals surface area contributed by atoms with Crippen molar-refractivity contribution < 1.29 is 0 Å². The van der Waals surface area contributed by atoms with Gasteiger partial charge in [-0.3, -0.25) is 0 Å². The van der Waals surface area contributed by atoms with Crippen LogP contribution in [0.5, 0.6) is 0 Å². The van der Waals surface area contributed by atoms with Crippen molar-refractivity contribution in [3.8, 4) is 0 Å². The van der Waals surface area contributed by atoms with Crippen molar-refractivity contribution in [2.45, 2.75) is 58.8 Å². The summed E-state index contributed by atoms with van der Waals surface area (Å²) in [4.78, 5) is 0. The molecule has 120 valence electrons. The molecule has 3 aliphatic rings. The summed E-state index contributed by atoms with van der Waals surface area (Å²) in [5, 5.41) is 0. The van der Waals surface area contributed by atoms with Crippen LogP contribution in [0.2, 0.25) is 0 Å². The molecule has 3 unspecified atom stereocenters. The minimum Gasteiger partial charge on any atom is -0.0835 e. The number of hydrogen-bond donors (Lipinski definition) is 0. The fraction of sp³-hybridized carbons (Fsp3) is 0.478. The minimum atomic E-state index is 0.752. The van der Waals surface area contributed by atoms with Crippen LogP contribution in [0.3, 0.4) is 0 Å². The van der Waals surface area contributed by atoms with Gasteiger partial charge in [0.15, 0.2) is 0 Å². The van der Waals surface area contributed by atoms with E-state index >= 15 is 0 Å². The quantitative estimate of drug-likeness (QED) is 0.573. The molecule has 3 aliphatic carbocycles. The summed E-state index contributed by atoms with van der Waals surface area (Å²) < 4.78 is 0. The largest absolute Gasteiger partial charge is 0.0835 e. The summed E-state index contributed by atoms with van der Waals surface area (Å²) >= 11 is 0. The van der Waals surface area contributed by atoms with E-state index in [1.54, 1.807) is 33.4 Å². The monoisotopic (exact) mass is 304 g/mol. The van der Waals surface area contributed by atoms with Gasteiger partial charge < -0.3 is 0 Å². The highest BCUT2D eigenvalue weighted by Gasteiger charge is 2.54. The zero-order valence-corrected chi connectivity index (χ0v) is 14.7. The number of benzene rings is 1. The molecule has 0 amide bonds. The lowest BCUT2D eigenvalue weighted by Crippen LogP contribution is -2.03. The topological polar surface area (TPSA) is 0 Å². The molecule has 0 nitrogen and oxygen atoms in total. The van der Waals surface area contributed by atoms with Gasteiger partial charge in [0, 0.05) is 0 Å². The second-order valence-electron chi connectivity index (χ2n) is 7.35. The van der Waals surface area contributed by atoms with Crippen molar-refractivity contribution in [2.75, 3.05) is 0 Å². The smallest absolute Gasteiger partial charge is 0.00497 e. The molecule has 1 fully saturated rings. The molecule has 0 aromatic heterocycles. The summed E-state index contributed by atoms with van der Waals surface area (Å²) in [6.07, 6.45) is 11.3. The highest BCUT2D eigenvalue weighted by Crippen LogP contribution is 2.64. The average molecular weight is 304 g/mol. The fourth-order valence-corrected chi connectivity index (χ4v) is 5.36. The molecule has 0 heterocycles. The van der Waals surface area contributed by atoms with Gasteiger partial charge in [-0.15, -0.1) is 0 Å². The van der Waals surface area contributed by atoms with E-state index in [1.165, 1.54) is 32.1 Å². The number of allylic oxidation sites excluding steroid dienone is 6. The Labute approximate surface area is 141 Å². The molecule has 3 atom stereocenters. The molecule has 0 radical (unpaired) electrons. The number of rotatable bonds is 2. The van der Waals surface area contributed by atoms with E-state index in [2.05, 4.69) is 57.2 Å². The third-order valence-electron chi connectivity index (χ3n) is 6.25. The van der Waals surface area contributed by atoms with E-state index in [0.717, 1.165) is 17.8 Å². The first kappa shape index (κ1) is 15.0. The molecule has 0 bridgehead atoms. The van der Waals surface area contributed by atoms with Crippen molar-refractivity contribution in [1.82, 2.24) is 0 Å². The van der Waals surface area contributed by atoms with Crippen LogP contribution in [-0.4, -0.2) is 0 Å². The van der Waals surface area contributed by atoms with Crippen LogP contribution in [0, 0.1) is 11.8 Å². The van der Waals surface area contributed by atoms with E-state index in [0.29, 0.717) is 0 Å². The van der Waals surface area contributed by atoms with Crippen molar-refractivity contribution in [2.24, 2.45) is 11.8 Å².